The number of carbonyl (C=O) groups is 1. The number of thiophene rings is 1. The fraction of sp³-hybridized carbons (Fsp3) is 0.182. The van der Waals surface area contributed by atoms with E-state index in [0.29, 0.717) is 9.90 Å². The van der Waals surface area contributed by atoms with E-state index in [-0.39, 0.29) is 0 Å². The van der Waals surface area contributed by atoms with Crippen LogP contribution in [0.25, 0.3) is 10.1 Å². The topological polar surface area (TPSA) is 46.5 Å². The Hall–Kier alpha value is -1.10. The molecule has 2 rings (SSSR count). The van der Waals surface area contributed by atoms with Gasteiger partial charge in [0.2, 0.25) is 0 Å². The lowest BCUT2D eigenvalue weighted by molar-refractivity contribution is -0.150. The van der Waals surface area contributed by atoms with Gasteiger partial charge in [-0.3, -0.25) is 0 Å². The highest BCUT2D eigenvalue weighted by atomic mass is 35.5. The molecule has 0 bridgehead atoms. The number of halogens is 1. The van der Waals surface area contributed by atoms with E-state index in [0.717, 1.165) is 10.1 Å². The fourth-order valence-corrected chi connectivity index (χ4v) is 2.70. The first-order chi connectivity index (χ1) is 7.61. The highest BCUT2D eigenvalue weighted by Gasteiger charge is 2.20. The molecule has 16 heavy (non-hydrogen) atoms. The van der Waals surface area contributed by atoms with E-state index in [1.165, 1.54) is 18.4 Å². The first-order valence-corrected chi connectivity index (χ1v) is 5.76. The van der Waals surface area contributed by atoms with Crippen LogP contribution in [-0.2, 0) is 9.53 Å². The molecule has 0 amide bonds. The number of hydrogen-bond acceptors (Lipinski definition) is 4. The van der Waals surface area contributed by atoms with Crippen molar-refractivity contribution in [1.82, 2.24) is 0 Å². The molecule has 5 heteroatoms. The Morgan fingerprint density at radius 3 is 2.94 bits per heavy atom. The normalized spacial score (nSPS) is 12.7. The minimum atomic E-state index is -1.22. The van der Waals surface area contributed by atoms with Gasteiger partial charge >= 0.3 is 5.97 Å². The van der Waals surface area contributed by atoms with Crippen molar-refractivity contribution in [3.63, 3.8) is 0 Å². The first kappa shape index (κ1) is 11.4. The molecule has 1 atom stereocenters. The predicted molar refractivity (Wildman–Crippen MR) is 63.8 cm³/mol. The molecule has 1 N–H and O–H groups in total. The number of ether oxygens (including phenoxy) is 1. The van der Waals surface area contributed by atoms with Gasteiger partial charge in [0, 0.05) is 14.6 Å². The van der Waals surface area contributed by atoms with Crippen molar-refractivity contribution >= 4 is 39.0 Å². The quantitative estimate of drug-likeness (QED) is 0.841. The Morgan fingerprint density at radius 2 is 2.25 bits per heavy atom. The maximum atomic E-state index is 11.2. The Labute approximate surface area is 101 Å². The van der Waals surface area contributed by atoms with Crippen LogP contribution >= 0.6 is 22.9 Å². The smallest absolute Gasteiger partial charge is 0.340 e. The average molecular weight is 257 g/mol. The zero-order chi connectivity index (χ0) is 11.7. The molecule has 1 aromatic carbocycles. The minimum absolute atomic E-state index is 0.559. The van der Waals surface area contributed by atoms with Crippen LogP contribution in [0.4, 0.5) is 0 Å². The molecule has 0 radical (unpaired) electrons. The maximum absolute atomic E-state index is 11.2. The summed E-state index contributed by atoms with van der Waals surface area (Å²) in [6.45, 7) is 0. The summed E-state index contributed by atoms with van der Waals surface area (Å²) in [5.74, 6) is -0.655. The third kappa shape index (κ3) is 2.04. The van der Waals surface area contributed by atoms with Crippen LogP contribution < -0.4 is 0 Å². The van der Waals surface area contributed by atoms with Crippen molar-refractivity contribution in [1.29, 1.82) is 0 Å². The number of fused-ring (bicyclic) bond motifs is 1. The molecule has 1 aromatic heterocycles. The average Bonchev–Trinajstić information content (AvgIpc) is 2.69. The number of benzene rings is 1. The molecule has 1 unspecified atom stereocenters. The van der Waals surface area contributed by atoms with E-state index in [4.69, 9.17) is 11.6 Å². The monoisotopic (exact) mass is 256 g/mol. The lowest BCUT2D eigenvalue weighted by Gasteiger charge is -2.04. The van der Waals surface area contributed by atoms with Gasteiger partial charge < -0.3 is 9.84 Å². The molecule has 0 aliphatic carbocycles. The van der Waals surface area contributed by atoms with Gasteiger partial charge in [0.25, 0.3) is 0 Å². The van der Waals surface area contributed by atoms with Crippen LogP contribution in [0.15, 0.2) is 24.3 Å². The molecular formula is C11H9ClO3S. The Bertz CT molecular complexity index is 535. The zero-order valence-electron chi connectivity index (χ0n) is 8.44. The number of aliphatic hydroxyl groups excluding tert-OH is 1. The molecule has 0 fully saturated rings. The zero-order valence-corrected chi connectivity index (χ0v) is 10.0. The van der Waals surface area contributed by atoms with E-state index < -0.39 is 12.1 Å². The van der Waals surface area contributed by atoms with Crippen molar-refractivity contribution in [2.45, 2.75) is 6.10 Å². The number of rotatable bonds is 2. The first-order valence-electron chi connectivity index (χ1n) is 4.56. The summed E-state index contributed by atoms with van der Waals surface area (Å²) < 4.78 is 5.41. The highest BCUT2D eigenvalue weighted by Crippen LogP contribution is 2.32. The van der Waals surface area contributed by atoms with Gasteiger partial charge in [-0.1, -0.05) is 17.7 Å². The summed E-state index contributed by atoms with van der Waals surface area (Å²) in [6.07, 6.45) is -1.22. The predicted octanol–water partition coefficient (Wildman–Crippen LogP) is 2.76. The molecular weight excluding hydrogens is 248 g/mol. The molecule has 1 heterocycles. The SMILES string of the molecule is COC(=O)C(O)c1cc2ccc(Cl)cc2s1. The lowest BCUT2D eigenvalue weighted by atomic mass is 10.2. The van der Waals surface area contributed by atoms with Gasteiger partial charge in [0.05, 0.1) is 7.11 Å². The largest absolute Gasteiger partial charge is 0.467 e. The van der Waals surface area contributed by atoms with Crippen molar-refractivity contribution in [2.75, 3.05) is 7.11 Å². The Morgan fingerprint density at radius 1 is 1.50 bits per heavy atom. The van der Waals surface area contributed by atoms with Crippen LogP contribution in [0.5, 0.6) is 0 Å². The van der Waals surface area contributed by atoms with Gasteiger partial charge in [0.15, 0.2) is 6.10 Å². The van der Waals surface area contributed by atoms with E-state index in [1.54, 1.807) is 18.2 Å². The molecule has 3 nitrogen and oxygen atoms in total. The second-order valence-corrected chi connectivity index (χ2v) is 4.81. The van der Waals surface area contributed by atoms with Crippen molar-refractivity contribution in [2.24, 2.45) is 0 Å². The van der Waals surface area contributed by atoms with Crippen LogP contribution in [0.3, 0.4) is 0 Å². The summed E-state index contributed by atoms with van der Waals surface area (Å²) in [6, 6.07) is 7.18. The molecule has 84 valence electrons. The minimum Gasteiger partial charge on any atom is -0.467 e. The number of hydrogen-bond donors (Lipinski definition) is 1. The Balaban J connectivity index is 2.43. The van der Waals surface area contributed by atoms with Gasteiger partial charge in [-0.15, -0.1) is 11.3 Å². The maximum Gasteiger partial charge on any atom is 0.340 e. The standard InChI is InChI=1S/C11H9ClO3S/c1-15-11(14)10(13)9-4-6-2-3-7(12)5-8(6)16-9/h2-5,10,13H,1H3. The number of aliphatic hydroxyl groups is 1. The van der Waals surface area contributed by atoms with Crippen molar-refractivity contribution in [3.05, 3.63) is 34.2 Å². The van der Waals surface area contributed by atoms with Gasteiger partial charge in [-0.2, -0.15) is 0 Å². The van der Waals surface area contributed by atoms with Crippen LogP contribution in [0.2, 0.25) is 5.02 Å². The summed E-state index contributed by atoms with van der Waals surface area (Å²) in [5, 5.41) is 11.2. The Kier molecular flexibility index (Phi) is 3.14. The van der Waals surface area contributed by atoms with E-state index in [1.807, 2.05) is 6.07 Å². The number of esters is 1. The molecule has 0 saturated heterocycles. The third-order valence-corrected chi connectivity index (χ3v) is 3.58. The number of methoxy groups -OCH3 is 1. The molecule has 0 aliphatic rings. The van der Waals surface area contributed by atoms with Crippen LogP contribution in [0.1, 0.15) is 11.0 Å². The second kappa shape index (κ2) is 4.41. The van der Waals surface area contributed by atoms with Crippen molar-refractivity contribution in [3.8, 4) is 0 Å². The van der Waals surface area contributed by atoms with Gasteiger partial charge in [-0.25, -0.2) is 4.79 Å². The fourth-order valence-electron chi connectivity index (χ4n) is 1.39. The van der Waals surface area contributed by atoms with Crippen LogP contribution in [-0.4, -0.2) is 18.2 Å². The molecule has 0 aliphatic heterocycles. The van der Waals surface area contributed by atoms with E-state index >= 15 is 0 Å². The summed E-state index contributed by atoms with van der Waals surface area (Å²) in [5.41, 5.74) is 0. The van der Waals surface area contributed by atoms with Gasteiger partial charge in [0.1, 0.15) is 0 Å². The summed E-state index contributed by atoms with van der Waals surface area (Å²) in [7, 11) is 1.25. The van der Waals surface area contributed by atoms with Crippen molar-refractivity contribution < 1.29 is 14.6 Å². The molecule has 0 spiro atoms. The van der Waals surface area contributed by atoms with Gasteiger partial charge in [-0.05, 0) is 23.6 Å². The number of carbonyl (C=O) groups excluding carboxylic acids is 1. The molecule has 2 aromatic rings. The van der Waals surface area contributed by atoms with E-state index in [9.17, 15) is 9.90 Å². The highest BCUT2D eigenvalue weighted by molar-refractivity contribution is 7.19. The summed E-state index contributed by atoms with van der Waals surface area (Å²) in [4.78, 5) is 11.7. The lowest BCUT2D eigenvalue weighted by Crippen LogP contribution is -2.11. The third-order valence-electron chi connectivity index (χ3n) is 2.20. The summed E-state index contributed by atoms with van der Waals surface area (Å²) >= 11 is 7.18. The van der Waals surface area contributed by atoms with Crippen LogP contribution in [0, 0.1) is 0 Å². The van der Waals surface area contributed by atoms with E-state index in [2.05, 4.69) is 4.74 Å². The second-order valence-electron chi connectivity index (χ2n) is 3.26. The molecule has 0 saturated carbocycles.